The summed E-state index contributed by atoms with van der Waals surface area (Å²) in [5.74, 6) is -0.184. The lowest BCUT2D eigenvalue weighted by Gasteiger charge is -2.26. The maximum atomic E-state index is 13.0. The predicted molar refractivity (Wildman–Crippen MR) is 96.2 cm³/mol. The smallest absolute Gasteiger partial charge is 0.246 e. The van der Waals surface area contributed by atoms with Crippen molar-refractivity contribution in [1.29, 1.82) is 5.26 Å². The highest BCUT2D eigenvalue weighted by atomic mass is 32.2. The second kappa shape index (κ2) is 7.22. The summed E-state index contributed by atoms with van der Waals surface area (Å²) in [4.78, 5) is 12.6. The van der Waals surface area contributed by atoms with E-state index in [1.165, 1.54) is 8.99 Å². The number of carbonyl (C=O) groups is 1. The molecule has 148 valence electrons. The van der Waals surface area contributed by atoms with Gasteiger partial charge in [0.2, 0.25) is 15.9 Å². The van der Waals surface area contributed by atoms with Gasteiger partial charge in [-0.2, -0.15) is 14.7 Å². The van der Waals surface area contributed by atoms with Crippen molar-refractivity contribution in [2.75, 3.05) is 26.3 Å². The lowest BCUT2D eigenvalue weighted by Crippen LogP contribution is -2.48. The number of aromatic nitrogens is 2. The van der Waals surface area contributed by atoms with E-state index in [-0.39, 0.29) is 23.3 Å². The first-order chi connectivity index (χ1) is 12.7. The third-order valence-electron chi connectivity index (χ3n) is 5.20. The molecule has 2 heterocycles. The van der Waals surface area contributed by atoms with Crippen LogP contribution >= 0.6 is 0 Å². The van der Waals surface area contributed by atoms with Gasteiger partial charge in [0, 0.05) is 13.1 Å². The molecule has 0 spiro atoms. The Labute approximate surface area is 159 Å². The minimum absolute atomic E-state index is 0.130. The van der Waals surface area contributed by atoms with E-state index in [1.807, 2.05) is 0 Å². The average molecular weight is 395 g/mol. The molecule has 0 bridgehead atoms. The van der Waals surface area contributed by atoms with Gasteiger partial charge in [-0.05, 0) is 39.5 Å². The normalized spacial score (nSPS) is 20.7. The molecule has 1 aliphatic heterocycles. The number of rotatable bonds is 6. The minimum atomic E-state index is -3.70. The molecule has 1 aromatic heterocycles. The maximum absolute atomic E-state index is 13.0. The van der Waals surface area contributed by atoms with E-state index in [1.54, 1.807) is 20.8 Å². The molecule has 2 fully saturated rings. The SMILES string of the molecule is Cc1nn(CC(=O)N[C@@](C)(C#N)C2CC2)c(C)c1S(=O)(=O)N1CCOCC1. The number of hydrogen-bond acceptors (Lipinski definition) is 6. The topological polar surface area (TPSA) is 117 Å². The zero-order valence-electron chi connectivity index (χ0n) is 15.9. The summed E-state index contributed by atoms with van der Waals surface area (Å²) >= 11 is 0. The fraction of sp³-hybridized carbons (Fsp3) is 0.706. The first-order valence-electron chi connectivity index (χ1n) is 9.03. The zero-order valence-corrected chi connectivity index (χ0v) is 16.7. The molecule has 1 aromatic rings. The number of sulfonamides is 1. The van der Waals surface area contributed by atoms with Crippen LogP contribution in [0.25, 0.3) is 0 Å². The van der Waals surface area contributed by atoms with Crippen molar-refractivity contribution in [2.24, 2.45) is 5.92 Å². The van der Waals surface area contributed by atoms with Crippen molar-refractivity contribution in [1.82, 2.24) is 19.4 Å². The van der Waals surface area contributed by atoms with Crippen molar-refractivity contribution in [3.8, 4) is 6.07 Å². The highest BCUT2D eigenvalue weighted by Gasteiger charge is 2.43. The summed E-state index contributed by atoms with van der Waals surface area (Å²) in [7, 11) is -3.70. The number of nitrogens with one attached hydrogen (secondary N) is 1. The van der Waals surface area contributed by atoms with E-state index in [2.05, 4.69) is 16.5 Å². The highest BCUT2D eigenvalue weighted by Crippen LogP contribution is 2.39. The maximum Gasteiger partial charge on any atom is 0.246 e. The number of amides is 1. The van der Waals surface area contributed by atoms with Crippen LogP contribution in [0.3, 0.4) is 0 Å². The minimum Gasteiger partial charge on any atom is -0.379 e. The first kappa shape index (κ1) is 19.8. The summed E-state index contributed by atoms with van der Waals surface area (Å²) in [6.45, 7) is 6.18. The number of hydrogen-bond donors (Lipinski definition) is 1. The van der Waals surface area contributed by atoms with Gasteiger partial charge in [0.05, 0.1) is 30.7 Å². The Kier molecular flexibility index (Phi) is 5.29. The largest absolute Gasteiger partial charge is 0.379 e. The molecule has 10 heteroatoms. The van der Waals surface area contributed by atoms with E-state index in [4.69, 9.17) is 4.74 Å². The molecule has 0 unspecified atom stereocenters. The number of carbonyl (C=O) groups excluding carboxylic acids is 1. The Hall–Kier alpha value is -1.96. The molecule has 0 aromatic carbocycles. The molecule has 9 nitrogen and oxygen atoms in total. The molecule has 1 amide bonds. The fourth-order valence-corrected chi connectivity index (χ4v) is 5.25. The van der Waals surface area contributed by atoms with Gasteiger partial charge in [0.25, 0.3) is 0 Å². The van der Waals surface area contributed by atoms with Crippen molar-refractivity contribution >= 4 is 15.9 Å². The van der Waals surface area contributed by atoms with Gasteiger partial charge in [0.1, 0.15) is 17.0 Å². The second-order valence-electron chi connectivity index (χ2n) is 7.31. The predicted octanol–water partition coefficient (Wildman–Crippen LogP) is 0.329. The number of morpholine rings is 1. The summed E-state index contributed by atoms with van der Waals surface area (Å²) in [5, 5.41) is 16.4. The van der Waals surface area contributed by atoms with E-state index >= 15 is 0 Å². The first-order valence-corrected chi connectivity index (χ1v) is 10.5. The number of aryl methyl sites for hydroxylation is 1. The van der Waals surface area contributed by atoms with Gasteiger partial charge < -0.3 is 10.1 Å². The summed E-state index contributed by atoms with van der Waals surface area (Å²) < 4.78 is 34.0. The molecule has 1 N–H and O–H groups in total. The summed E-state index contributed by atoms with van der Waals surface area (Å²) in [6.07, 6.45) is 1.85. The number of nitriles is 1. The molecule has 3 rings (SSSR count). The van der Waals surface area contributed by atoms with Crippen LogP contribution in [0.5, 0.6) is 0 Å². The van der Waals surface area contributed by atoms with Gasteiger partial charge in [-0.1, -0.05) is 0 Å². The lowest BCUT2D eigenvalue weighted by molar-refractivity contribution is -0.123. The van der Waals surface area contributed by atoms with Crippen LogP contribution in [0, 0.1) is 31.1 Å². The molecule has 27 heavy (non-hydrogen) atoms. The van der Waals surface area contributed by atoms with Crippen LogP contribution in [0.4, 0.5) is 0 Å². The van der Waals surface area contributed by atoms with E-state index in [0.29, 0.717) is 37.7 Å². The molecule has 1 atom stereocenters. The highest BCUT2D eigenvalue weighted by molar-refractivity contribution is 7.89. The fourth-order valence-electron chi connectivity index (χ4n) is 3.47. The third-order valence-corrected chi connectivity index (χ3v) is 7.35. The zero-order chi connectivity index (χ0) is 19.8. The number of ether oxygens (including phenoxy) is 1. The van der Waals surface area contributed by atoms with Crippen LogP contribution < -0.4 is 5.32 Å². The Balaban J connectivity index is 1.79. The van der Waals surface area contributed by atoms with Crippen molar-refractivity contribution < 1.29 is 17.9 Å². The van der Waals surface area contributed by atoms with Crippen molar-refractivity contribution in [2.45, 2.75) is 50.6 Å². The van der Waals surface area contributed by atoms with E-state index < -0.39 is 15.6 Å². The Morgan fingerprint density at radius 1 is 1.37 bits per heavy atom. The van der Waals surface area contributed by atoms with Crippen LogP contribution in [-0.4, -0.2) is 60.3 Å². The van der Waals surface area contributed by atoms with Gasteiger partial charge in [-0.15, -0.1) is 0 Å². The second-order valence-corrected chi connectivity index (χ2v) is 9.19. The van der Waals surface area contributed by atoms with Gasteiger partial charge in [-0.25, -0.2) is 8.42 Å². The van der Waals surface area contributed by atoms with Crippen molar-refractivity contribution in [3.05, 3.63) is 11.4 Å². The van der Waals surface area contributed by atoms with Crippen molar-refractivity contribution in [3.63, 3.8) is 0 Å². The average Bonchev–Trinajstić information content (AvgIpc) is 3.43. The van der Waals surface area contributed by atoms with Crippen LogP contribution in [0.2, 0.25) is 0 Å². The van der Waals surface area contributed by atoms with Gasteiger partial charge >= 0.3 is 0 Å². The number of nitrogens with zero attached hydrogens (tertiary/aromatic N) is 4. The molecule has 2 aliphatic rings. The molecule has 1 saturated carbocycles. The lowest BCUT2D eigenvalue weighted by atomic mass is 9.98. The standard InChI is InChI=1S/C17H25N5O4S/c1-12-16(27(24,25)21-6-8-26-9-7-21)13(2)22(20-12)10-15(23)19-17(3,11-18)14-4-5-14/h14H,4-10H2,1-3H3,(H,19,23)/t17-/m0/s1. The molecular formula is C17H25N5O4S. The quantitative estimate of drug-likeness (QED) is 0.742. The van der Waals surface area contributed by atoms with E-state index in [0.717, 1.165) is 12.8 Å². The van der Waals surface area contributed by atoms with Crippen LogP contribution in [-0.2, 0) is 26.1 Å². The summed E-state index contributed by atoms with van der Waals surface area (Å²) in [6, 6.07) is 2.18. The van der Waals surface area contributed by atoms with E-state index in [9.17, 15) is 18.5 Å². The third kappa shape index (κ3) is 3.85. The Bertz CT molecular complexity index is 878. The van der Waals surface area contributed by atoms with Crippen LogP contribution in [0.1, 0.15) is 31.2 Å². The molecular weight excluding hydrogens is 370 g/mol. The van der Waals surface area contributed by atoms with Gasteiger partial charge in [0.15, 0.2) is 0 Å². The molecule has 1 aliphatic carbocycles. The molecule has 1 saturated heterocycles. The monoisotopic (exact) mass is 395 g/mol. The Morgan fingerprint density at radius 2 is 2.00 bits per heavy atom. The van der Waals surface area contributed by atoms with Crippen LogP contribution in [0.15, 0.2) is 4.90 Å². The summed E-state index contributed by atoms with van der Waals surface area (Å²) in [5.41, 5.74) is -0.119. The van der Waals surface area contributed by atoms with Gasteiger partial charge in [-0.3, -0.25) is 9.48 Å². The Morgan fingerprint density at radius 3 is 2.56 bits per heavy atom. The molecule has 0 radical (unpaired) electrons.